The van der Waals surface area contributed by atoms with Crippen molar-refractivity contribution in [3.63, 3.8) is 0 Å². The summed E-state index contributed by atoms with van der Waals surface area (Å²) in [7, 11) is 0. The van der Waals surface area contributed by atoms with Gasteiger partial charge in [0, 0.05) is 29.3 Å². The number of carbonyl (C=O) groups excluding carboxylic acids is 2. The molecule has 31 heavy (non-hydrogen) atoms. The van der Waals surface area contributed by atoms with Gasteiger partial charge in [-0.05, 0) is 54.6 Å². The summed E-state index contributed by atoms with van der Waals surface area (Å²) < 4.78 is 5.87. The van der Waals surface area contributed by atoms with Gasteiger partial charge in [0.1, 0.15) is 11.5 Å². The second kappa shape index (κ2) is 9.37. The van der Waals surface area contributed by atoms with Crippen molar-refractivity contribution in [3.05, 3.63) is 115 Å². The van der Waals surface area contributed by atoms with Crippen molar-refractivity contribution in [2.24, 2.45) is 0 Å². The maximum Gasteiger partial charge on any atom is 0.259 e. The first-order valence-corrected chi connectivity index (χ1v) is 9.64. The Kier molecular flexibility index (Phi) is 6.00. The fourth-order valence-electron chi connectivity index (χ4n) is 2.94. The van der Waals surface area contributed by atoms with Crippen LogP contribution < -0.4 is 15.4 Å². The minimum Gasteiger partial charge on any atom is -0.457 e. The average Bonchev–Trinajstić information content (AvgIpc) is 2.81. The summed E-state index contributed by atoms with van der Waals surface area (Å²) in [6, 6.07) is 26.5. The van der Waals surface area contributed by atoms with Crippen molar-refractivity contribution >= 4 is 23.2 Å². The number of pyridine rings is 1. The number of rotatable bonds is 6. The van der Waals surface area contributed by atoms with E-state index in [4.69, 9.17) is 4.74 Å². The number of benzene rings is 3. The van der Waals surface area contributed by atoms with E-state index in [1.807, 2.05) is 36.4 Å². The van der Waals surface area contributed by atoms with Crippen LogP contribution in [0, 0.1) is 0 Å². The molecule has 3 aromatic carbocycles. The largest absolute Gasteiger partial charge is 0.457 e. The second-order valence-corrected chi connectivity index (χ2v) is 6.64. The summed E-state index contributed by atoms with van der Waals surface area (Å²) >= 11 is 0. The first-order chi connectivity index (χ1) is 15.2. The molecule has 0 aliphatic carbocycles. The number of aromatic nitrogens is 1. The van der Waals surface area contributed by atoms with Gasteiger partial charge in [-0.1, -0.05) is 36.4 Å². The van der Waals surface area contributed by atoms with E-state index in [-0.39, 0.29) is 11.8 Å². The van der Waals surface area contributed by atoms with E-state index in [2.05, 4.69) is 15.6 Å². The molecule has 2 N–H and O–H groups in total. The lowest BCUT2D eigenvalue weighted by Gasteiger charge is -2.12. The number of nitrogens with zero attached hydrogens (tertiary/aromatic N) is 1. The van der Waals surface area contributed by atoms with E-state index in [1.165, 1.54) is 0 Å². The highest BCUT2D eigenvalue weighted by molar-refractivity contribution is 6.07. The molecule has 0 fully saturated rings. The number of hydrogen-bond donors (Lipinski definition) is 2. The normalized spacial score (nSPS) is 10.2. The summed E-state index contributed by atoms with van der Waals surface area (Å²) in [5.74, 6) is 0.522. The molecule has 0 unspecified atom stereocenters. The molecular formula is C25H19N3O3. The molecule has 4 rings (SSSR count). The van der Waals surface area contributed by atoms with E-state index >= 15 is 0 Å². The van der Waals surface area contributed by atoms with Gasteiger partial charge in [-0.25, -0.2) is 0 Å². The van der Waals surface area contributed by atoms with E-state index in [1.54, 1.807) is 67.0 Å². The Bertz CT molecular complexity index is 1190. The number of para-hydroxylation sites is 2. The Hall–Kier alpha value is -4.45. The Morgan fingerprint density at radius 1 is 0.677 bits per heavy atom. The van der Waals surface area contributed by atoms with Crippen LogP contribution in [0.15, 0.2) is 103 Å². The van der Waals surface area contributed by atoms with Crippen LogP contribution in [-0.4, -0.2) is 16.8 Å². The van der Waals surface area contributed by atoms with Crippen LogP contribution in [0.1, 0.15) is 20.7 Å². The van der Waals surface area contributed by atoms with Gasteiger partial charge in [-0.3, -0.25) is 14.6 Å². The maximum absolute atomic E-state index is 12.9. The molecule has 0 bridgehead atoms. The average molecular weight is 409 g/mol. The van der Waals surface area contributed by atoms with Gasteiger partial charge in [0.2, 0.25) is 0 Å². The molecule has 0 saturated carbocycles. The minimum absolute atomic E-state index is 0.257. The van der Waals surface area contributed by atoms with Crippen LogP contribution >= 0.6 is 0 Å². The van der Waals surface area contributed by atoms with E-state index < -0.39 is 0 Å². The molecule has 6 heteroatoms. The smallest absolute Gasteiger partial charge is 0.259 e. The Morgan fingerprint density at radius 2 is 1.32 bits per heavy atom. The standard InChI is InChI=1S/C25H19N3O3/c29-24(18-13-15-26-16-14-18)27-19-7-6-8-20(17-19)28-25(30)22-11-4-5-12-23(22)31-21-9-2-1-3-10-21/h1-17H,(H,27,29)(H,28,30). The van der Waals surface area contributed by atoms with E-state index in [0.29, 0.717) is 34.0 Å². The third-order valence-corrected chi connectivity index (χ3v) is 4.42. The molecule has 1 aromatic heterocycles. The highest BCUT2D eigenvalue weighted by Gasteiger charge is 2.14. The molecule has 2 amide bonds. The first-order valence-electron chi connectivity index (χ1n) is 9.64. The van der Waals surface area contributed by atoms with E-state index in [9.17, 15) is 9.59 Å². The Labute approximate surface area is 179 Å². The van der Waals surface area contributed by atoms with Gasteiger partial charge in [0.25, 0.3) is 11.8 Å². The summed E-state index contributed by atoms with van der Waals surface area (Å²) in [6.07, 6.45) is 3.11. The Balaban J connectivity index is 1.48. The fraction of sp³-hybridized carbons (Fsp3) is 0. The molecule has 0 aliphatic heterocycles. The summed E-state index contributed by atoms with van der Waals surface area (Å²) in [6.45, 7) is 0. The molecule has 4 aromatic rings. The van der Waals surface area contributed by atoms with Crippen LogP contribution in [0.2, 0.25) is 0 Å². The number of ether oxygens (including phenoxy) is 1. The lowest BCUT2D eigenvalue weighted by atomic mass is 10.1. The Morgan fingerprint density at radius 3 is 2.06 bits per heavy atom. The van der Waals surface area contributed by atoms with Crippen molar-refractivity contribution in [1.82, 2.24) is 4.98 Å². The number of hydrogen-bond acceptors (Lipinski definition) is 4. The van der Waals surface area contributed by atoms with Gasteiger partial charge in [0.05, 0.1) is 5.56 Å². The third-order valence-electron chi connectivity index (χ3n) is 4.42. The second-order valence-electron chi connectivity index (χ2n) is 6.64. The molecule has 152 valence electrons. The zero-order valence-electron chi connectivity index (χ0n) is 16.5. The lowest BCUT2D eigenvalue weighted by molar-refractivity contribution is 0.101. The van der Waals surface area contributed by atoms with Crippen LogP contribution in [0.5, 0.6) is 11.5 Å². The molecule has 0 radical (unpaired) electrons. The highest BCUT2D eigenvalue weighted by atomic mass is 16.5. The summed E-state index contributed by atoms with van der Waals surface area (Å²) in [5, 5.41) is 5.67. The minimum atomic E-state index is -0.316. The van der Waals surface area contributed by atoms with Crippen molar-refractivity contribution in [2.45, 2.75) is 0 Å². The highest BCUT2D eigenvalue weighted by Crippen LogP contribution is 2.26. The molecular weight excluding hydrogens is 390 g/mol. The van der Waals surface area contributed by atoms with Gasteiger partial charge in [0.15, 0.2) is 0 Å². The molecule has 1 heterocycles. The van der Waals surface area contributed by atoms with Crippen LogP contribution in [0.25, 0.3) is 0 Å². The van der Waals surface area contributed by atoms with Crippen LogP contribution in [-0.2, 0) is 0 Å². The monoisotopic (exact) mass is 409 g/mol. The zero-order chi connectivity index (χ0) is 21.5. The topological polar surface area (TPSA) is 80.3 Å². The van der Waals surface area contributed by atoms with Gasteiger partial charge >= 0.3 is 0 Å². The molecule has 0 saturated heterocycles. The predicted octanol–water partition coefficient (Wildman–Crippen LogP) is 5.38. The predicted molar refractivity (Wildman–Crippen MR) is 120 cm³/mol. The molecule has 0 spiro atoms. The van der Waals surface area contributed by atoms with Crippen molar-refractivity contribution in [3.8, 4) is 11.5 Å². The van der Waals surface area contributed by atoms with Gasteiger partial charge in [-0.2, -0.15) is 0 Å². The molecule has 0 aliphatic rings. The lowest BCUT2D eigenvalue weighted by Crippen LogP contribution is -2.14. The van der Waals surface area contributed by atoms with Gasteiger partial charge < -0.3 is 15.4 Å². The van der Waals surface area contributed by atoms with E-state index in [0.717, 1.165) is 0 Å². The van der Waals surface area contributed by atoms with Crippen LogP contribution in [0.4, 0.5) is 11.4 Å². The molecule has 0 atom stereocenters. The van der Waals surface area contributed by atoms with Crippen molar-refractivity contribution in [1.29, 1.82) is 0 Å². The van der Waals surface area contributed by atoms with Gasteiger partial charge in [-0.15, -0.1) is 0 Å². The maximum atomic E-state index is 12.9. The summed E-state index contributed by atoms with van der Waals surface area (Å²) in [5.41, 5.74) is 2.01. The SMILES string of the molecule is O=C(Nc1cccc(NC(=O)c2ccccc2Oc2ccccc2)c1)c1ccncc1. The fourth-order valence-corrected chi connectivity index (χ4v) is 2.94. The molecule has 6 nitrogen and oxygen atoms in total. The first kappa shape index (κ1) is 19.8. The van der Waals surface area contributed by atoms with Crippen molar-refractivity contribution in [2.75, 3.05) is 10.6 Å². The number of anilines is 2. The quantitative estimate of drug-likeness (QED) is 0.448. The van der Waals surface area contributed by atoms with Crippen LogP contribution in [0.3, 0.4) is 0 Å². The number of amides is 2. The van der Waals surface area contributed by atoms with Crippen molar-refractivity contribution < 1.29 is 14.3 Å². The zero-order valence-corrected chi connectivity index (χ0v) is 16.5. The number of carbonyl (C=O) groups is 2. The summed E-state index contributed by atoms with van der Waals surface area (Å²) in [4.78, 5) is 29.1. The number of nitrogens with one attached hydrogen (secondary N) is 2. The third kappa shape index (κ3) is 5.13.